The van der Waals surface area contributed by atoms with Gasteiger partial charge < -0.3 is 0 Å². The predicted molar refractivity (Wildman–Crippen MR) is 98.2 cm³/mol. The van der Waals surface area contributed by atoms with Crippen molar-refractivity contribution in [2.45, 2.75) is 35.8 Å². The lowest BCUT2D eigenvalue weighted by molar-refractivity contribution is 0.0836. The van der Waals surface area contributed by atoms with Crippen LogP contribution in [0.15, 0.2) is 43.0 Å². The summed E-state index contributed by atoms with van der Waals surface area (Å²) < 4.78 is 26.5. The third-order valence-corrected chi connectivity index (χ3v) is 7.20. The van der Waals surface area contributed by atoms with Gasteiger partial charge in [-0.1, -0.05) is 65.9 Å². The SMILES string of the molecule is C=CCC[C@@]1([C@@H](C)I)CN(Cc2ccccc2)[P@@](=O)(OC)O1. The van der Waals surface area contributed by atoms with Crippen molar-refractivity contribution in [1.82, 2.24) is 4.67 Å². The first-order valence-electron chi connectivity index (χ1n) is 7.36. The Bertz CT molecular complexity index is 552. The average molecular weight is 435 g/mol. The third kappa shape index (κ3) is 3.82. The minimum atomic E-state index is -3.25. The zero-order valence-corrected chi connectivity index (χ0v) is 16.1. The van der Waals surface area contributed by atoms with Crippen LogP contribution in [-0.2, 0) is 20.2 Å². The first kappa shape index (κ1) is 18.1. The molecule has 0 bridgehead atoms. The Morgan fingerprint density at radius 1 is 1.55 bits per heavy atom. The lowest BCUT2D eigenvalue weighted by Crippen LogP contribution is -2.41. The molecule has 6 heteroatoms. The molecule has 1 saturated heterocycles. The third-order valence-electron chi connectivity index (χ3n) is 4.03. The van der Waals surface area contributed by atoms with Gasteiger partial charge in [0.05, 0.1) is 0 Å². The van der Waals surface area contributed by atoms with Crippen molar-refractivity contribution in [1.29, 1.82) is 0 Å². The number of rotatable bonds is 7. The molecule has 1 aliphatic heterocycles. The zero-order chi connectivity index (χ0) is 16.2. The molecule has 1 aromatic rings. The molecule has 1 aromatic carbocycles. The van der Waals surface area contributed by atoms with Crippen molar-refractivity contribution in [2.75, 3.05) is 13.7 Å². The molecule has 122 valence electrons. The van der Waals surface area contributed by atoms with Crippen molar-refractivity contribution >= 4 is 30.3 Å². The minimum Gasteiger partial charge on any atom is -0.300 e. The van der Waals surface area contributed by atoms with Gasteiger partial charge in [-0.3, -0.25) is 9.05 Å². The first-order valence-corrected chi connectivity index (χ1v) is 10.1. The quantitative estimate of drug-likeness (QED) is 0.267. The van der Waals surface area contributed by atoms with E-state index in [0.29, 0.717) is 13.1 Å². The fourth-order valence-electron chi connectivity index (χ4n) is 2.67. The second-order valence-corrected chi connectivity index (χ2v) is 9.48. The van der Waals surface area contributed by atoms with E-state index >= 15 is 0 Å². The maximum absolute atomic E-state index is 13.1. The second-order valence-electron chi connectivity index (χ2n) is 5.56. The van der Waals surface area contributed by atoms with Gasteiger partial charge in [-0.2, -0.15) is 0 Å². The normalized spacial score (nSPS) is 30.3. The average Bonchev–Trinajstić information content (AvgIpc) is 2.81. The van der Waals surface area contributed by atoms with Gasteiger partial charge in [0.2, 0.25) is 0 Å². The van der Waals surface area contributed by atoms with Crippen LogP contribution in [0.4, 0.5) is 0 Å². The molecule has 0 spiro atoms. The Hall–Kier alpha value is -0.200. The molecular formula is C16H23INO3P. The molecule has 4 nitrogen and oxygen atoms in total. The summed E-state index contributed by atoms with van der Waals surface area (Å²) in [7, 11) is -1.79. The van der Waals surface area contributed by atoms with Crippen molar-refractivity contribution < 1.29 is 13.6 Å². The molecule has 0 aliphatic carbocycles. The van der Waals surface area contributed by atoms with E-state index in [1.807, 2.05) is 41.1 Å². The molecule has 0 unspecified atom stereocenters. The number of hydrogen-bond donors (Lipinski definition) is 0. The second kappa shape index (κ2) is 7.58. The van der Waals surface area contributed by atoms with E-state index in [1.54, 1.807) is 0 Å². The highest BCUT2D eigenvalue weighted by atomic mass is 127. The molecule has 0 N–H and O–H groups in total. The van der Waals surface area contributed by atoms with Crippen LogP contribution in [0.3, 0.4) is 0 Å². The zero-order valence-electron chi connectivity index (χ0n) is 13.1. The Morgan fingerprint density at radius 3 is 2.77 bits per heavy atom. The van der Waals surface area contributed by atoms with E-state index in [2.05, 4.69) is 36.1 Å². The highest BCUT2D eigenvalue weighted by Gasteiger charge is 2.54. The molecule has 1 heterocycles. The molecule has 22 heavy (non-hydrogen) atoms. The van der Waals surface area contributed by atoms with Crippen LogP contribution < -0.4 is 0 Å². The van der Waals surface area contributed by atoms with Crippen LogP contribution in [0.5, 0.6) is 0 Å². The van der Waals surface area contributed by atoms with Gasteiger partial charge in [0.1, 0.15) is 5.60 Å². The number of halogens is 1. The summed E-state index contributed by atoms with van der Waals surface area (Å²) >= 11 is 2.35. The Morgan fingerprint density at radius 2 is 2.23 bits per heavy atom. The monoisotopic (exact) mass is 435 g/mol. The maximum atomic E-state index is 13.1. The van der Waals surface area contributed by atoms with Gasteiger partial charge in [0.15, 0.2) is 0 Å². The van der Waals surface area contributed by atoms with Crippen LogP contribution in [0, 0.1) is 0 Å². The molecule has 0 aromatic heterocycles. The largest absolute Gasteiger partial charge is 0.408 e. The molecule has 1 aliphatic rings. The molecule has 2 rings (SSSR count). The number of alkyl halides is 1. The van der Waals surface area contributed by atoms with Gasteiger partial charge in [-0.25, -0.2) is 9.24 Å². The molecule has 0 amide bonds. The van der Waals surface area contributed by atoms with E-state index in [4.69, 9.17) is 9.05 Å². The predicted octanol–water partition coefficient (Wildman–Crippen LogP) is 4.80. The minimum absolute atomic E-state index is 0.217. The van der Waals surface area contributed by atoms with Gasteiger partial charge in [0, 0.05) is 24.1 Å². The topological polar surface area (TPSA) is 38.8 Å². The van der Waals surface area contributed by atoms with Crippen LogP contribution in [0.25, 0.3) is 0 Å². The molecule has 3 atom stereocenters. The van der Waals surface area contributed by atoms with Crippen molar-refractivity contribution in [3.8, 4) is 0 Å². The summed E-state index contributed by atoms with van der Waals surface area (Å²) in [5.41, 5.74) is 0.638. The summed E-state index contributed by atoms with van der Waals surface area (Å²) in [6.07, 6.45) is 3.50. The van der Waals surface area contributed by atoms with Crippen LogP contribution in [-0.4, -0.2) is 27.9 Å². The van der Waals surface area contributed by atoms with Gasteiger partial charge >= 0.3 is 7.75 Å². The van der Waals surface area contributed by atoms with E-state index in [-0.39, 0.29) is 3.92 Å². The van der Waals surface area contributed by atoms with E-state index in [1.165, 1.54) is 7.11 Å². The fraction of sp³-hybridized carbons (Fsp3) is 0.500. The first-order chi connectivity index (χ1) is 10.5. The maximum Gasteiger partial charge on any atom is 0.408 e. The summed E-state index contributed by atoms with van der Waals surface area (Å²) in [6.45, 7) is 7.04. The van der Waals surface area contributed by atoms with Gasteiger partial charge in [0.25, 0.3) is 0 Å². The summed E-state index contributed by atoms with van der Waals surface area (Å²) in [4.78, 5) is 0. The lowest BCUT2D eigenvalue weighted by Gasteiger charge is -2.30. The number of allylic oxidation sites excluding steroid dienone is 1. The van der Waals surface area contributed by atoms with E-state index in [0.717, 1.165) is 18.4 Å². The molecular weight excluding hydrogens is 412 g/mol. The van der Waals surface area contributed by atoms with Gasteiger partial charge in [-0.05, 0) is 18.4 Å². The summed E-state index contributed by atoms with van der Waals surface area (Å²) in [5.74, 6) is 0. The molecule has 0 saturated carbocycles. The Kier molecular flexibility index (Phi) is 6.25. The lowest BCUT2D eigenvalue weighted by atomic mass is 9.94. The number of hydrogen-bond acceptors (Lipinski definition) is 3. The standard InChI is InChI=1S/C16H23INO3P/c1-4-5-11-16(14(2)17)13-18(22(19,20-3)21-16)12-15-9-7-6-8-10-15/h4,6-10,14H,1,5,11-13H2,2-3H3/t14-,16+,22-/m1/s1. The van der Waals surface area contributed by atoms with Gasteiger partial charge in [-0.15, -0.1) is 6.58 Å². The fourth-order valence-corrected chi connectivity index (χ4v) is 5.44. The van der Waals surface area contributed by atoms with Crippen LogP contribution in [0.2, 0.25) is 0 Å². The van der Waals surface area contributed by atoms with Crippen LogP contribution >= 0.6 is 30.3 Å². The van der Waals surface area contributed by atoms with Crippen molar-refractivity contribution in [2.24, 2.45) is 0 Å². The summed E-state index contributed by atoms with van der Waals surface area (Å²) in [6, 6.07) is 9.99. The smallest absolute Gasteiger partial charge is 0.300 e. The van der Waals surface area contributed by atoms with Crippen molar-refractivity contribution in [3.05, 3.63) is 48.6 Å². The highest BCUT2D eigenvalue weighted by molar-refractivity contribution is 14.1. The number of benzene rings is 1. The molecule has 0 radical (unpaired) electrons. The van der Waals surface area contributed by atoms with E-state index < -0.39 is 13.3 Å². The Balaban J connectivity index is 2.25. The van der Waals surface area contributed by atoms with Crippen LogP contribution in [0.1, 0.15) is 25.3 Å². The number of nitrogens with zero attached hydrogens (tertiary/aromatic N) is 1. The Labute approximate surface area is 146 Å². The highest BCUT2D eigenvalue weighted by Crippen LogP contribution is 2.62. The van der Waals surface area contributed by atoms with E-state index in [9.17, 15) is 4.57 Å². The molecule has 1 fully saturated rings. The summed E-state index contributed by atoms with van der Waals surface area (Å²) in [5, 5.41) is 0. The van der Waals surface area contributed by atoms with Crippen molar-refractivity contribution in [3.63, 3.8) is 0 Å².